The van der Waals surface area contributed by atoms with Gasteiger partial charge in [-0.05, 0) is 6.54 Å². The van der Waals surface area contributed by atoms with Gasteiger partial charge in [-0.25, -0.2) is 0 Å². The van der Waals surface area contributed by atoms with E-state index in [4.69, 9.17) is 0 Å². The first-order chi connectivity index (χ1) is 8.38. The van der Waals surface area contributed by atoms with E-state index in [-0.39, 0.29) is 0 Å². The first-order valence-corrected chi connectivity index (χ1v) is 6.22. The average molecular weight is 227 g/mol. The predicted molar refractivity (Wildman–Crippen MR) is 68.7 cm³/mol. The van der Waals surface area contributed by atoms with Gasteiger partial charge in [0.05, 0.1) is 5.69 Å². The first kappa shape index (κ1) is 10.5. The summed E-state index contributed by atoms with van der Waals surface area (Å²) in [6, 6.07) is 10.4. The molecule has 0 amide bonds. The highest BCUT2D eigenvalue weighted by Gasteiger charge is 2.21. The zero-order chi connectivity index (χ0) is 11.7. The van der Waals surface area contributed by atoms with Gasteiger partial charge >= 0.3 is 0 Å². The zero-order valence-corrected chi connectivity index (χ0v) is 10.1. The van der Waals surface area contributed by atoms with E-state index in [9.17, 15) is 0 Å². The number of fused-ring (bicyclic) bond motifs is 1. The molecular formula is C14H17N3. The van der Waals surface area contributed by atoms with Crippen molar-refractivity contribution in [3.8, 4) is 11.3 Å². The Morgan fingerprint density at radius 2 is 2.12 bits per heavy atom. The summed E-state index contributed by atoms with van der Waals surface area (Å²) in [7, 11) is 0. The number of nitrogens with zero attached hydrogens (tertiary/aromatic N) is 2. The van der Waals surface area contributed by atoms with Crippen LogP contribution in [0.25, 0.3) is 11.3 Å². The van der Waals surface area contributed by atoms with E-state index in [0.717, 1.165) is 31.7 Å². The van der Waals surface area contributed by atoms with E-state index in [1.165, 1.54) is 16.8 Å². The Balaban J connectivity index is 2.00. The smallest absolute Gasteiger partial charge is 0.0968 e. The summed E-state index contributed by atoms with van der Waals surface area (Å²) in [6.45, 7) is 5.48. The molecule has 0 bridgehead atoms. The largest absolute Gasteiger partial charge is 0.299 e. The second kappa shape index (κ2) is 4.34. The van der Waals surface area contributed by atoms with Gasteiger partial charge in [0.2, 0.25) is 0 Å². The molecule has 2 heterocycles. The second-order valence-electron chi connectivity index (χ2n) is 4.51. The lowest BCUT2D eigenvalue weighted by Gasteiger charge is -2.25. The van der Waals surface area contributed by atoms with E-state index in [1.54, 1.807) is 0 Å². The fourth-order valence-corrected chi connectivity index (χ4v) is 2.46. The third-order valence-electron chi connectivity index (χ3n) is 3.51. The molecule has 0 unspecified atom stereocenters. The fourth-order valence-electron chi connectivity index (χ4n) is 2.46. The minimum absolute atomic E-state index is 1.02. The van der Waals surface area contributed by atoms with Gasteiger partial charge in [0.15, 0.2) is 0 Å². The highest BCUT2D eigenvalue weighted by molar-refractivity contribution is 5.64. The molecule has 17 heavy (non-hydrogen) atoms. The van der Waals surface area contributed by atoms with E-state index in [1.807, 2.05) is 6.07 Å². The van der Waals surface area contributed by atoms with Gasteiger partial charge < -0.3 is 0 Å². The zero-order valence-electron chi connectivity index (χ0n) is 10.1. The van der Waals surface area contributed by atoms with Crippen LogP contribution in [0.5, 0.6) is 0 Å². The van der Waals surface area contributed by atoms with Crippen molar-refractivity contribution in [3.63, 3.8) is 0 Å². The van der Waals surface area contributed by atoms with E-state index < -0.39 is 0 Å². The highest BCUT2D eigenvalue weighted by Crippen LogP contribution is 2.27. The van der Waals surface area contributed by atoms with Gasteiger partial charge in [-0.3, -0.25) is 10.00 Å². The monoisotopic (exact) mass is 227 g/mol. The Morgan fingerprint density at radius 3 is 2.88 bits per heavy atom. The molecule has 3 nitrogen and oxygen atoms in total. The summed E-state index contributed by atoms with van der Waals surface area (Å²) in [5.74, 6) is 0. The predicted octanol–water partition coefficient (Wildman–Crippen LogP) is 2.45. The highest BCUT2D eigenvalue weighted by atomic mass is 15.2. The number of benzene rings is 1. The maximum atomic E-state index is 4.49. The van der Waals surface area contributed by atoms with Crippen LogP contribution in [-0.4, -0.2) is 28.2 Å². The van der Waals surface area contributed by atoms with Crippen LogP contribution in [-0.2, 0) is 13.0 Å². The van der Waals surface area contributed by atoms with Crippen molar-refractivity contribution in [2.24, 2.45) is 0 Å². The number of rotatable bonds is 2. The summed E-state index contributed by atoms with van der Waals surface area (Å²) < 4.78 is 0. The Kier molecular flexibility index (Phi) is 2.69. The van der Waals surface area contributed by atoms with Crippen molar-refractivity contribution in [1.82, 2.24) is 15.1 Å². The van der Waals surface area contributed by atoms with Crippen molar-refractivity contribution >= 4 is 0 Å². The minimum Gasteiger partial charge on any atom is -0.299 e. The van der Waals surface area contributed by atoms with Gasteiger partial charge in [-0.2, -0.15) is 5.10 Å². The van der Waals surface area contributed by atoms with Crippen LogP contribution >= 0.6 is 0 Å². The minimum atomic E-state index is 1.02. The number of likely N-dealkylation sites (N-methyl/N-ethyl adjacent to an activating group) is 1. The quantitative estimate of drug-likeness (QED) is 0.854. The molecule has 88 valence electrons. The molecule has 1 aliphatic heterocycles. The lowest BCUT2D eigenvalue weighted by Crippen LogP contribution is -2.30. The summed E-state index contributed by atoms with van der Waals surface area (Å²) in [5, 5.41) is 7.68. The van der Waals surface area contributed by atoms with Crippen molar-refractivity contribution in [2.45, 2.75) is 19.9 Å². The molecule has 1 N–H and O–H groups in total. The lowest BCUT2D eigenvalue weighted by atomic mass is 10.0. The van der Waals surface area contributed by atoms with Gasteiger partial charge in [0.1, 0.15) is 0 Å². The van der Waals surface area contributed by atoms with Crippen molar-refractivity contribution < 1.29 is 0 Å². The maximum absolute atomic E-state index is 4.49. The normalized spacial score (nSPS) is 15.8. The number of aromatic nitrogens is 2. The molecule has 1 aromatic heterocycles. The molecule has 0 radical (unpaired) electrons. The molecule has 2 aromatic rings. The second-order valence-corrected chi connectivity index (χ2v) is 4.51. The fraction of sp³-hybridized carbons (Fsp3) is 0.357. The number of aromatic amines is 1. The van der Waals surface area contributed by atoms with Crippen LogP contribution in [0.4, 0.5) is 0 Å². The number of hydrogen-bond acceptors (Lipinski definition) is 2. The van der Waals surface area contributed by atoms with Crippen LogP contribution < -0.4 is 0 Å². The summed E-state index contributed by atoms with van der Waals surface area (Å²) in [5.41, 5.74) is 5.03. The van der Waals surface area contributed by atoms with Crippen LogP contribution in [0.1, 0.15) is 18.2 Å². The van der Waals surface area contributed by atoms with Crippen LogP contribution in [0.2, 0.25) is 0 Å². The van der Waals surface area contributed by atoms with Gasteiger partial charge in [-0.1, -0.05) is 37.3 Å². The van der Waals surface area contributed by atoms with Crippen molar-refractivity contribution in [3.05, 3.63) is 41.6 Å². The van der Waals surface area contributed by atoms with Crippen molar-refractivity contribution in [1.29, 1.82) is 0 Å². The molecule has 0 spiro atoms. The van der Waals surface area contributed by atoms with Crippen LogP contribution in [0, 0.1) is 0 Å². The topological polar surface area (TPSA) is 31.9 Å². The van der Waals surface area contributed by atoms with Gasteiger partial charge in [0.25, 0.3) is 0 Å². The molecule has 0 saturated carbocycles. The van der Waals surface area contributed by atoms with Crippen molar-refractivity contribution in [2.75, 3.05) is 13.1 Å². The van der Waals surface area contributed by atoms with E-state index in [2.05, 4.69) is 46.3 Å². The molecule has 1 aliphatic rings. The van der Waals surface area contributed by atoms with E-state index in [0.29, 0.717) is 0 Å². The lowest BCUT2D eigenvalue weighted by molar-refractivity contribution is 0.267. The Bertz CT molecular complexity index is 501. The summed E-state index contributed by atoms with van der Waals surface area (Å²) in [4.78, 5) is 2.46. The molecule has 1 aromatic carbocycles. The van der Waals surface area contributed by atoms with E-state index >= 15 is 0 Å². The van der Waals surface area contributed by atoms with Crippen LogP contribution in [0.3, 0.4) is 0 Å². The molecule has 0 saturated heterocycles. The molecule has 0 aliphatic carbocycles. The van der Waals surface area contributed by atoms with Gasteiger partial charge in [0, 0.05) is 36.3 Å². The maximum Gasteiger partial charge on any atom is 0.0968 e. The van der Waals surface area contributed by atoms with Crippen LogP contribution in [0.15, 0.2) is 30.3 Å². The molecule has 3 rings (SSSR count). The number of hydrogen-bond donors (Lipinski definition) is 1. The molecule has 0 atom stereocenters. The Morgan fingerprint density at radius 1 is 1.29 bits per heavy atom. The molecule has 0 fully saturated rings. The summed E-state index contributed by atoms with van der Waals surface area (Å²) >= 11 is 0. The number of nitrogens with one attached hydrogen (secondary N) is 1. The summed E-state index contributed by atoms with van der Waals surface area (Å²) in [6.07, 6.45) is 1.09. The van der Waals surface area contributed by atoms with Gasteiger partial charge in [-0.15, -0.1) is 0 Å². The molecule has 3 heteroatoms. The average Bonchev–Trinajstić information content (AvgIpc) is 2.82. The number of H-pyrrole nitrogens is 1. The molecular weight excluding hydrogens is 210 g/mol. The Labute approximate surface area is 101 Å². The third-order valence-corrected chi connectivity index (χ3v) is 3.51. The Hall–Kier alpha value is -1.61. The standard InChI is InChI=1S/C14H17N3/c1-2-17-9-8-13-12(10-17)14(16-15-13)11-6-4-3-5-7-11/h3-7H,2,8-10H2,1H3,(H,15,16). The first-order valence-electron chi connectivity index (χ1n) is 6.22. The third kappa shape index (κ3) is 1.87. The SMILES string of the molecule is CCN1CCc2[nH]nc(-c3ccccc3)c2C1.